The number of hydrogen-bond acceptors (Lipinski definition) is 4. The maximum Gasteiger partial charge on any atom is 0.191 e. The molecule has 0 amide bonds. The smallest absolute Gasteiger partial charge is 0.191 e. The molecule has 26 heavy (non-hydrogen) atoms. The largest absolute Gasteiger partial charge is 0.494 e. The summed E-state index contributed by atoms with van der Waals surface area (Å²) in [6.07, 6.45) is 2.78. The summed E-state index contributed by atoms with van der Waals surface area (Å²) >= 11 is 1.69. The quantitative estimate of drug-likeness (QED) is 0.379. The Hall–Kier alpha value is -2.60. The fourth-order valence-electron chi connectivity index (χ4n) is 2.59. The minimum atomic E-state index is 0.661. The number of rotatable bonds is 7. The van der Waals surface area contributed by atoms with Gasteiger partial charge in [0, 0.05) is 24.7 Å². The Bertz CT molecular complexity index is 875. The van der Waals surface area contributed by atoms with Crippen LogP contribution in [0.2, 0.25) is 0 Å². The van der Waals surface area contributed by atoms with Gasteiger partial charge in [-0.05, 0) is 36.2 Å². The zero-order chi connectivity index (χ0) is 18.2. The summed E-state index contributed by atoms with van der Waals surface area (Å²) in [6, 6.07) is 14.5. The van der Waals surface area contributed by atoms with Gasteiger partial charge in [-0.15, -0.1) is 11.3 Å². The van der Waals surface area contributed by atoms with Gasteiger partial charge < -0.3 is 15.4 Å². The number of aromatic nitrogens is 1. The summed E-state index contributed by atoms with van der Waals surface area (Å²) in [6.45, 7) is 4.20. The highest BCUT2D eigenvalue weighted by Crippen LogP contribution is 2.20. The SMILES string of the molecule is CN=C(NCCCOc1ccc2ccccc2c1)NCc1ncc(C)s1. The molecule has 0 aliphatic carbocycles. The first-order valence-corrected chi connectivity index (χ1v) is 9.53. The van der Waals surface area contributed by atoms with Crippen molar-refractivity contribution in [3.8, 4) is 5.75 Å². The minimum Gasteiger partial charge on any atom is -0.494 e. The fraction of sp³-hybridized carbons (Fsp3) is 0.300. The summed E-state index contributed by atoms with van der Waals surface area (Å²) < 4.78 is 5.85. The predicted octanol–water partition coefficient (Wildman–Crippen LogP) is 3.74. The molecule has 0 aliphatic rings. The molecule has 2 N–H and O–H groups in total. The molecule has 3 aromatic rings. The fourth-order valence-corrected chi connectivity index (χ4v) is 3.32. The van der Waals surface area contributed by atoms with Crippen LogP contribution >= 0.6 is 11.3 Å². The van der Waals surface area contributed by atoms with E-state index in [-0.39, 0.29) is 0 Å². The lowest BCUT2D eigenvalue weighted by Gasteiger charge is -2.11. The summed E-state index contributed by atoms with van der Waals surface area (Å²) in [4.78, 5) is 9.79. The molecular weight excluding hydrogens is 344 g/mol. The Kier molecular flexibility index (Phi) is 6.44. The molecule has 1 heterocycles. The Labute approximate surface area is 158 Å². The number of nitrogens with zero attached hydrogens (tertiary/aromatic N) is 2. The van der Waals surface area contributed by atoms with Crippen LogP contribution in [0.25, 0.3) is 10.8 Å². The van der Waals surface area contributed by atoms with Crippen molar-refractivity contribution in [3.05, 3.63) is 58.5 Å². The lowest BCUT2D eigenvalue weighted by atomic mass is 10.1. The van der Waals surface area contributed by atoms with Gasteiger partial charge in [-0.3, -0.25) is 4.99 Å². The number of ether oxygens (including phenoxy) is 1. The number of nitrogens with one attached hydrogen (secondary N) is 2. The van der Waals surface area contributed by atoms with Crippen molar-refractivity contribution in [3.63, 3.8) is 0 Å². The van der Waals surface area contributed by atoms with Crippen molar-refractivity contribution in [1.29, 1.82) is 0 Å². The van der Waals surface area contributed by atoms with Gasteiger partial charge in [0.25, 0.3) is 0 Å². The molecule has 0 aliphatic heterocycles. The van der Waals surface area contributed by atoms with Crippen LogP contribution < -0.4 is 15.4 Å². The molecule has 136 valence electrons. The van der Waals surface area contributed by atoms with Crippen LogP contribution in [0, 0.1) is 6.92 Å². The molecule has 0 atom stereocenters. The minimum absolute atomic E-state index is 0.661. The summed E-state index contributed by atoms with van der Waals surface area (Å²) in [5.41, 5.74) is 0. The van der Waals surface area contributed by atoms with E-state index in [9.17, 15) is 0 Å². The van der Waals surface area contributed by atoms with Crippen LogP contribution in [0.5, 0.6) is 5.75 Å². The number of hydrogen-bond donors (Lipinski definition) is 2. The molecule has 0 radical (unpaired) electrons. The molecule has 1 aromatic heterocycles. The van der Waals surface area contributed by atoms with Crippen LogP contribution in [-0.2, 0) is 6.54 Å². The van der Waals surface area contributed by atoms with Crippen LogP contribution in [0.15, 0.2) is 53.7 Å². The standard InChI is InChI=1S/C20H24N4OS/c1-15-13-23-19(26-15)14-24-20(21-2)22-10-5-11-25-18-9-8-16-6-3-4-7-17(16)12-18/h3-4,6-9,12-13H,5,10-11,14H2,1-2H3,(H2,21,22,24). The van der Waals surface area contributed by atoms with E-state index in [2.05, 4.69) is 51.8 Å². The highest BCUT2D eigenvalue weighted by molar-refractivity contribution is 7.11. The van der Waals surface area contributed by atoms with Crippen molar-refractivity contribution >= 4 is 28.1 Å². The first-order valence-electron chi connectivity index (χ1n) is 8.72. The van der Waals surface area contributed by atoms with Gasteiger partial charge in [0.05, 0.1) is 13.2 Å². The highest BCUT2D eigenvalue weighted by atomic mass is 32.1. The van der Waals surface area contributed by atoms with Crippen LogP contribution in [0.1, 0.15) is 16.3 Å². The lowest BCUT2D eigenvalue weighted by Crippen LogP contribution is -2.37. The van der Waals surface area contributed by atoms with Crippen LogP contribution in [0.4, 0.5) is 0 Å². The molecule has 0 unspecified atom stereocenters. The Morgan fingerprint density at radius 1 is 1.15 bits per heavy atom. The van der Waals surface area contributed by atoms with Crippen LogP contribution in [0.3, 0.4) is 0 Å². The average Bonchev–Trinajstić information content (AvgIpc) is 3.09. The summed E-state index contributed by atoms with van der Waals surface area (Å²) in [5, 5.41) is 10.1. The van der Waals surface area contributed by atoms with Gasteiger partial charge in [0.15, 0.2) is 5.96 Å². The number of thiazole rings is 1. The Morgan fingerprint density at radius 2 is 2.00 bits per heavy atom. The van der Waals surface area contributed by atoms with Crippen molar-refractivity contribution in [2.75, 3.05) is 20.2 Å². The Balaban J connectivity index is 1.37. The third kappa shape index (κ3) is 5.20. The van der Waals surface area contributed by atoms with Crippen molar-refractivity contribution in [1.82, 2.24) is 15.6 Å². The van der Waals surface area contributed by atoms with Gasteiger partial charge in [-0.1, -0.05) is 30.3 Å². The molecule has 3 rings (SSSR count). The zero-order valence-electron chi connectivity index (χ0n) is 15.2. The van der Waals surface area contributed by atoms with Gasteiger partial charge in [0.2, 0.25) is 0 Å². The summed E-state index contributed by atoms with van der Waals surface area (Å²) in [5.74, 6) is 1.69. The van der Waals surface area contributed by atoms with Gasteiger partial charge >= 0.3 is 0 Å². The van der Waals surface area contributed by atoms with E-state index in [4.69, 9.17) is 4.74 Å². The molecule has 6 heteroatoms. The van der Waals surface area contributed by atoms with Gasteiger partial charge in [-0.25, -0.2) is 4.98 Å². The second-order valence-electron chi connectivity index (χ2n) is 5.93. The van der Waals surface area contributed by atoms with Crippen molar-refractivity contribution in [2.24, 2.45) is 4.99 Å². The molecule has 0 saturated heterocycles. The number of aliphatic imine (C=N–C) groups is 1. The summed E-state index contributed by atoms with van der Waals surface area (Å²) in [7, 11) is 1.77. The van der Waals surface area contributed by atoms with E-state index in [0.29, 0.717) is 13.2 Å². The first kappa shape index (κ1) is 18.2. The third-order valence-corrected chi connectivity index (χ3v) is 4.82. The maximum atomic E-state index is 5.85. The highest BCUT2D eigenvalue weighted by Gasteiger charge is 2.02. The van der Waals surface area contributed by atoms with E-state index in [1.165, 1.54) is 15.6 Å². The molecular formula is C20H24N4OS. The number of aryl methyl sites for hydroxylation is 1. The van der Waals surface area contributed by atoms with E-state index in [0.717, 1.165) is 29.7 Å². The predicted molar refractivity (Wildman–Crippen MR) is 109 cm³/mol. The molecule has 0 bridgehead atoms. The van der Waals surface area contributed by atoms with Crippen LogP contribution in [-0.4, -0.2) is 31.1 Å². The molecule has 0 fully saturated rings. The first-order chi connectivity index (χ1) is 12.7. The van der Waals surface area contributed by atoms with Crippen molar-refractivity contribution in [2.45, 2.75) is 19.9 Å². The molecule has 2 aromatic carbocycles. The topological polar surface area (TPSA) is 58.5 Å². The number of guanidine groups is 1. The van der Waals surface area contributed by atoms with Crippen molar-refractivity contribution < 1.29 is 4.74 Å². The second kappa shape index (κ2) is 9.20. The number of benzene rings is 2. The van der Waals surface area contributed by atoms with E-state index in [1.807, 2.05) is 24.4 Å². The molecule has 5 nitrogen and oxygen atoms in total. The average molecular weight is 369 g/mol. The van der Waals surface area contributed by atoms with Gasteiger partial charge in [0.1, 0.15) is 10.8 Å². The second-order valence-corrected chi connectivity index (χ2v) is 7.25. The van der Waals surface area contributed by atoms with Gasteiger partial charge in [-0.2, -0.15) is 0 Å². The van der Waals surface area contributed by atoms with E-state index < -0.39 is 0 Å². The van der Waals surface area contributed by atoms with E-state index >= 15 is 0 Å². The maximum absolute atomic E-state index is 5.85. The third-order valence-electron chi connectivity index (χ3n) is 3.90. The normalized spacial score (nSPS) is 11.5. The zero-order valence-corrected chi connectivity index (χ0v) is 16.0. The Morgan fingerprint density at radius 3 is 2.77 bits per heavy atom. The van der Waals surface area contributed by atoms with E-state index in [1.54, 1.807) is 18.4 Å². The monoisotopic (exact) mass is 368 g/mol. The lowest BCUT2D eigenvalue weighted by molar-refractivity contribution is 0.311. The molecule has 0 saturated carbocycles. The number of fused-ring (bicyclic) bond motifs is 1. The molecule has 0 spiro atoms.